The van der Waals surface area contributed by atoms with Crippen molar-refractivity contribution in [1.29, 1.82) is 0 Å². The van der Waals surface area contributed by atoms with Crippen molar-refractivity contribution in [3.63, 3.8) is 0 Å². The summed E-state index contributed by atoms with van der Waals surface area (Å²) in [6.45, 7) is 2.37. The maximum absolute atomic E-state index is 13.4. The molecule has 1 atom stereocenters. The van der Waals surface area contributed by atoms with Gasteiger partial charge in [-0.3, -0.25) is 4.79 Å². The van der Waals surface area contributed by atoms with Crippen LogP contribution in [0.3, 0.4) is 0 Å². The Hall–Kier alpha value is -2.58. The van der Waals surface area contributed by atoms with Crippen LogP contribution in [0, 0.1) is 0 Å². The Morgan fingerprint density at radius 2 is 2.14 bits per heavy atom. The molecule has 8 heteroatoms. The lowest BCUT2D eigenvalue weighted by atomic mass is 10.2. The van der Waals surface area contributed by atoms with Gasteiger partial charge >= 0.3 is 0 Å². The zero-order chi connectivity index (χ0) is 19.1. The molecular weight excluding hydrogens is 379 g/mol. The minimum atomic E-state index is -0.765. The van der Waals surface area contributed by atoms with Crippen LogP contribution in [-0.2, 0) is 9.53 Å². The highest BCUT2D eigenvalue weighted by Gasteiger charge is 2.23. The van der Waals surface area contributed by atoms with E-state index >= 15 is 0 Å². The predicted octanol–water partition coefficient (Wildman–Crippen LogP) is 3.27. The molecule has 2 saturated heterocycles. The molecular formula is C20H19FN4O2S. The largest absolute Gasteiger partial charge is 0.370 e. The molecule has 0 spiro atoms. The van der Waals surface area contributed by atoms with Gasteiger partial charge in [-0.05, 0) is 36.8 Å². The number of benzene rings is 1. The lowest BCUT2D eigenvalue weighted by Gasteiger charge is -2.26. The van der Waals surface area contributed by atoms with Crippen LogP contribution in [0.15, 0.2) is 36.5 Å². The summed E-state index contributed by atoms with van der Waals surface area (Å²) in [7, 11) is 0. The van der Waals surface area contributed by atoms with Gasteiger partial charge < -0.3 is 14.5 Å². The number of hydrogen-bond acceptors (Lipinski definition) is 6. The Kier molecular flexibility index (Phi) is 4.44. The SMILES string of the molecule is O=C1COCCN1c1ccc2nc(-c3ccc(N4CC[C@H](F)C4)nc3)sc2c1. The van der Waals surface area contributed by atoms with Gasteiger partial charge in [-0.15, -0.1) is 11.3 Å². The third-order valence-corrected chi connectivity index (χ3v) is 6.19. The summed E-state index contributed by atoms with van der Waals surface area (Å²) in [6.07, 6.45) is 1.60. The van der Waals surface area contributed by atoms with Crippen LogP contribution in [0.5, 0.6) is 0 Å². The molecule has 4 heterocycles. The van der Waals surface area contributed by atoms with E-state index in [2.05, 4.69) is 4.98 Å². The van der Waals surface area contributed by atoms with Crippen LogP contribution in [-0.4, -0.2) is 54.9 Å². The van der Waals surface area contributed by atoms with Crippen LogP contribution in [0.2, 0.25) is 0 Å². The summed E-state index contributed by atoms with van der Waals surface area (Å²) in [4.78, 5) is 25.0. The molecule has 2 aliphatic rings. The average molecular weight is 398 g/mol. The van der Waals surface area contributed by atoms with E-state index in [-0.39, 0.29) is 12.5 Å². The lowest BCUT2D eigenvalue weighted by molar-refractivity contribution is -0.125. The number of nitrogens with zero attached hydrogens (tertiary/aromatic N) is 4. The average Bonchev–Trinajstić information content (AvgIpc) is 3.34. The second-order valence-electron chi connectivity index (χ2n) is 7.01. The zero-order valence-electron chi connectivity index (χ0n) is 15.2. The van der Waals surface area contributed by atoms with Crippen molar-refractivity contribution in [2.75, 3.05) is 42.6 Å². The van der Waals surface area contributed by atoms with Gasteiger partial charge in [0, 0.05) is 30.5 Å². The molecule has 0 N–H and O–H groups in total. The molecule has 2 fully saturated rings. The number of fused-ring (bicyclic) bond motifs is 1. The van der Waals surface area contributed by atoms with E-state index in [4.69, 9.17) is 9.72 Å². The van der Waals surface area contributed by atoms with E-state index in [9.17, 15) is 9.18 Å². The normalized spacial score (nSPS) is 20.3. The molecule has 1 aromatic carbocycles. The van der Waals surface area contributed by atoms with Gasteiger partial charge in [0.1, 0.15) is 23.6 Å². The number of morpholine rings is 1. The second kappa shape index (κ2) is 7.10. The van der Waals surface area contributed by atoms with E-state index in [1.54, 1.807) is 22.4 Å². The standard InChI is InChI=1S/C20H19FN4O2S/c21-14-5-6-24(11-14)18-4-1-13(10-22-18)20-23-16-3-2-15(9-17(16)28-20)25-7-8-27-12-19(25)26/h1-4,9-10,14H,5-8,11-12H2/t14-/m0/s1. The fourth-order valence-corrected chi connectivity index (χ4v) is 4.61. The van der Waals surface area contributed by atoms with Gasteiger partial charge in [-0.2, -0.15) is 0 Å². The molecule has 0 aliphatic carbocycles. The maximum Gasteiger partial charge on any atom is 0.253 e. The molecule has 144 valence electrons. The fraction of sp³-hybridized carbons (Fsp3) is 0.350. The minimum absolute atomic E-state index is 0.0208. The van der Waals surface area contributed by atoms with Crippen molar-refractivity contribution in [3.05, 3.63) is 36.5 Å². The predicted molar refractivity (Wildman–Crippen MR) is 108 cm³/mol. The summed E-state index contributed by atoms with van der Waals surface area (Å²) < 4.78 is 19.6. The van der Waals surface area contributed by atoms with Gasteiger partial charge in [0.05, 0.1) is 23.4 Å². The smallest absolute Gasteiger partial charge is 0.253 e. The number of aromatic nitrogens is 2. The summed E-state index contributed by atoms with van der Waals surface area (Å²) in [6, 6.07) is 9.79. The molecule has 0 saturated carbocycles. The molecule has 2 aromatic heterocycles. The van der Waals surface area contributed by atoms with Crippen molar-refractivity contribution in [2.45, 2.75) is 12.6 Å². The van der Waals surface area contributed by atoms with Crippen LogP contribution in [0.1, 0.15) is 6.42 Å². The third-order valence-electron chi connectivity index (χ3n) is 5.12. The number of halogens is 1. The van der Waals surface area contributed by atoms with Crippen LogP contribution < -0.4 is 9.80 Å². The Balaban J connectivity index is 1.41. The van der Waals surface area contributed by atoms with E-state index in [1.807, 2.05) is 35.2 Å². The van der Waals surface area contributed by atoms with Crippen molar-refractivity contribution >= 4 is 39.0 Å². The number of rotatable bonds is 3. The summed E-state index contributed by atoms with van der Waals surface area (Å²) in [5, 5.41) is 0.879. The molecule has 0 unspecified atom stereocenters. The van der Waals surface area contributed by atoms with Crippen molar-refractivity contribution < 1.29 is 13.9 Å². The molecule has 0 bridgehead atoms. The number of ether oxygens (including phenoxy) is 1. The molecule has 0 radical (unpaired) electrons. The second-order valence-corrected chi connectivity index (χ2v) is 8.04. The monoisotopic (exact) mass is 398 g/mol. The Labute approximate surface area is 165 Å². The molecule has 3 aromatic rings. The first-order valence-corrected chi connectivity index (χ1v) is 10.1. The highest BCUT2D eigenvalue weighted by Crippen LogP contribution is 2.33. The number of amides is 1. The van der Waals surface area contributed by atoms with E-state index in [0.717, 1.165) is 32.3 Å². The lowest BCUT2D eigenvalue weighted by Crippen LogP contribution is -2.41. The highest BCUT2D eigenvalue weighted by atomic mass is 32.1. The number of anilines is 2. The quantitative estimate of drug-likeness (QED) is 0.678. The van der Waals surface area contributed by atoms with Gasteiger partial charge in [0.2, 0.25) is 0 Å². The topological polar surface area (TPSA) is 58.6 Å². The van der Waals surface area contributed by atoms with E-state index in [0.29, 0.717) is 32.7 Å². The summed E-state index contributed by atoms with van der Waals surface area (Å²) in [5.41, 5.74) is 2.71. The van der Waals surface area contributed by atoms with Crippen molar-refractivity contribution in [2.24, 2.45) is 0 Å². The first-order valence-electron chi connectivity index (χ1n) is 9.31. The Morgan fingerprint density at radius 1 is 1.21 bits per heavy atom. The first-order chi connectivity index (χ1) is 13.7. The number of alkyl halides is 1. The molecule has 5 rings (SSSR count). The van der Waals surface area contributed by atoms with Crippen molar-refractivity contribution in [3.8, 4) is 10.6 Å². The maximum atomic E-state index is 13.4. The van der Waals surface area contributed by atoms with Gasteiger partial charge in [0.15, 0.2) is 0 Å². The zero-order valence-corrected chi connectivity index (χ0v) is 16.0. The van der Waals surface area contributed by atoms with Crippen LogP contribution in [0.25, 0.3) is 20.8 Å². The highest BCUT2D eigenvalue weighted by molar-refractivity contribution is 7.21. The Morgan fingerprint density at radius 3 is 2.89 bits per heavy atom. The fourth-order valence-electron chi connectivity index (χ4n) is 3.62. The van der Waals surface area contributed by atoms with E-state index in [1.165, 1.54) is 0 Å². The molecule has 28 heavy (non-hydrogen) atoms. The minimum Gasteiger partial charge on any atom is -0.370 e. The number of thiazole rings is 1. The number of hydrogen-bond donors (Lipinski definition) is 0. The third kappa shape index (κ3) is 3.22. The first kappa shape index (κ1) is 17.5. The van der Waals surface area contributed by atoms with E-state index < -0.39 is 6.17 Å². The number of carbonyl (C=O) groups excluding carboxylic acids is 1. The molecule has 6 nitrogen and oxygen atoms in total. The van der Waals surface area contributed by atoms with Crippen LogP contribution in [0.4, 0.5) is 15.9 Å². The number of pyridine rings is 1. The van der Waals surface area contributed by atoms with Gasteiger partial charge in [-0.1, -0.05) is 0 Å². The summed E-state index contributed by atoms with van der Waals surface area (Å²) in [5.74, 6) is 0.783. The molecule has 2 aliphatic heterocycles. The summed E-state index contributed by atoms with van der Waals surface area (Å²) >= 11 is 1.57. The number of carbonyl (C=O) groups is 1. The van der Waals surface area contributed by atoms with Crippen LogP contribution >= 0.6 is 11.3 Å². The van der Waals surface area contributed by atoms with Gasteiger partial charge in [-0.25, -0.2) is 14.4 Å². The van der Waals surface area contributed by atoms with Gasteiger partial charge in [0.25, 0.3) is 5.91 Å². The molecule has 1 amide bonds. The Bertz CT molecular complexity index is 1020. The van der Waals surface area contributed by atoms with Crippen molar-refractivity contribution in [1.82, 2.24) is 9.97 Å².